The first-order valence-electron chi connectivity index (χ1n) is 7.41. The van der Waals surface area contributed by atoms with E-state index in [0.29, 0.717) is 0 Å². The van der Waals surface area contributed by atoms with Crippen molar-refractivity contribution in [3.8, 4) is 11.5 Å². The van der Waals surface area contributed by atoms with Gasteiger partial charge in [-0.15, -0.1) is 0 Å². The lowest BCUT2D eigenvalue weighted by atomic mass is 10.2. The Hall–Kier alpha value is -1.80. The highest BCUT2D eigenvalue weighted by Crippen LogP contribution is 2.20. The van der Waals surface area contributed by atoms with Crippen molar-refractivity contribution in [3.63, 3.8) is 0 Å². The summed E-state index contributed by atoms with van der Waals surface area (Å²) >= 11 is 0. The third-order valence-corrected chi connectivity index (χ3v) is 3.19. The van der Waals surface area contributed by atoms with Gasteiger partial charge in [-0.25, -0.2) is 0 Å². The second kappa shape index (κ2) is 8.39. The van der Waals surface area contributed by atoms with Gasteiger partial charge >= 0.3 is 0 Å². The summed E-state index contributed by atoms with van der Waals surface area (Å²) in [5.74, 6) is 1.75. The van der Waals surface area contributed by atoms with Gasteiger partial charge in [-0.05, 0) is 42.8 Å². The molecule has 0 spiro atoms. The molecular weight excluding hydrogens is 246 g/mol. The van der Waals surface area contributed by atoms with Crippen molar-refractivity contribution in [2.24, 2.45) is 0 Å². The Morgan fingerprint density at radius 1 is 0.850 bits per heavy atom. The normalized spacial score (nSPS) is 10.4. The highest BCUT2D eigenvalue weighted by Gasteiger charge is 1.97. The van der Waals surface area contributed by atoms with Crippen molar-refractivity contribution >= 4 is 0 Å². The molecule has 0 aliphatic heterocycles. The molecule has 2 aromatic rings. The van der Waals surface area contributed by atoms with E-state index in [0.717, 1.165) is 24.6 Å². The second-order valence-corrected chi connectivity index (χ2v) is 4.94. The fourth-order valence-electron chi connectivity index (χ4n) is 2.03. The molecule has 106 valence electrons. The lowest BCUT2D eigenvalue weighted by Gasteiger charge is -2.07. The summed E-state index contributed by atoms with van der Waals surface area (Å²) in [6.45, 7) is 4.25. The summed E-state index contributed by atoms with van der Waals surface area (Å²) in [5.41, 5.74) is 1.29. The smallest absolute Gasteiger partial charge is 0.127 e. The van der Waals surface area contributed by atoms with Crippen LogP contribution in [-0.2, 0) is 6.54 Å². The molecular formula is C18H23NO. The highest BCUT2D eigenvalue weighted by molar-refractivity contribution is 5.32. The van der Waals surface area contributed by atoms with Gasteiger partial charge in [0.2, 0.25) is 0 Å². The van der Waals surface area contributed by atoms with Gasteiger partial charge in [-0.2, -0.15) is 0 Å². The maximum Gasteiger partial charge on any atom is 0.127 e. The van der Waals surface area contributed by atoms with Gasteiger partial charge in [0.1, 0.15) is 11.5 Å². The number of hydrogen-bond donors (Lipinski definition) is 1. The average Bonchev–Trinajstić information content (AvgIpc) is 2.50. The number of benzene rings is 2. The van der Waals surface area contributed by atoms with Gasteiger partial charge in [0.15, 0.2) is 0 Å². The maximum absolute atomic E-state index is 5.77. The predicted molar refractivity (Wildman–Crippen MR) is 84.2 cm³/mol. The van der Waals surface area contributed by atoms with Crippen molar-refractivity contribution < 1.29 is 4.74 Å². The Balaban J connectivity index is 1.78. The van der Waals surface area contributed by atoms with Crippen LogP contribution < -0.4 is 10.1 Å². The number of unbranched alkanes of at least 4 members (excludes halogenated alkanes) is 2. The van der Waals surface area contributed by atoms with E-state index in [4.69, 9.17) is 4.74 Å². The molecule has 20 heavy (non-hydrogen) atoms. The summed E-state index contributed by atoms with van der Waals surface area (Å²) in [7, 11) is 0. The van der Waals surface area contributed by atoms with Crippen LogP contribution in [0.5, 0.6) is 11.5 Å². The van der Waals surface area contributed by atoms with E-state index in [1.54, 1.807) is 0 Å². The average molecular weight is 269 g/mol. The third-order valence-electron chi connectivity index (χ3n) is 3.19. The topological polar surface area (TPSA) is 21.3 Å². The monoisotopic (exact) mass is 269 g/mol. The van der Waals surface area contributed by atoms with Crippen molar-refractivity contribution in [2.75, 3.05) is 6.54 Å². The molecule has 0 amide bonds. The van der Waals surface area contributed by atoms with Crippen LogP contribution >= 0.6 is 0 Å². The van der Waals surface area contributed by atoms with Gasteiger partial charge in [-0.3, -0.25) is 0 Å². The fourth-order valence-corrected chi connectivity index (χ4v) is 2.03. The number of nitrogens with one attached hydrogen (secondary N) is 1. The number of hydrogen-bond acceptors (Lipinski definition) is 2. The van der Waals surface area contributed by atoms with Crippen molar-refractivity contribution in [3.05, 3.63) is 60.2 Å². The molecule has 2 aromatic carbocycles. The minimum absolute atomic E-state index is 0.873. The first kappa shape index (κ1) is 14.6. The van der Waals surface area contributed by atoms with E-state index in [-0.39, 0.29) is 0 Å². The minimum Gasteiger partial charge on any atom is -0.457 e. The molecule has 2 nitrogen and oxygen atoms in total. The second-order valence-electron chi connectivity index (χ2n) is 4.94. The zero-order valence-corrected chi connectivity index (χ0v) is 12.1. The molecule has 0 saturated heterocycles. The minimum atomic E-state index is 0.873. The Kier molecular flexibility index (Phi) is 6.12. The van der Waals surface area contributed by atoms with E-state index >= 15 is 0 Å². The van der Waals surface area contributed by atoms with E-state index in [2.05, 4.69) is 24.4 Å². The van der Waals surface area contributed by atoms with Gasteiger partial charge < -0.3 is 10.1 Å². The third kappa shape index (κ3) is 5.06. The van der Waals surface area contributed by atoms with Crippen molar-refractivity contribution in [2.45, 2.75) is 32.7 Å². The maximum atomic E-state index is 5.77. The van der Waals surface area contributed by atoms with Gasteiger partial charge in [0.25, 0.3) is 0 Å². The largest absolute Gasteiger partial charge is 0.457 e. The Bertz CT molecular complexity index is 479. The number of rotatable bonds is 8. The molecule has 0 saturated carbocycles. The van der Waals surface area contributed by atoms with Crippen LogP contribution in [0.15, 0.2) is 54.6 Å². The first-order valence-corrected chi connectivity index (χ1v) is 7.41. The summed E-state index contributed by atoms with van der Waals surface area (Å²) in [4.78, 5) is 0. The van der Waals surface area contributed by atoms with Crippen LogP contribution in [0.4, 0.5) is 0 Å². The molecule has 0 fully saturated rings. The molecule has 0 aliphatic rings. The lowest BCUT2D eigenvalue weighted by Crippen LogP contribution is -2.14. The Labute approximate surface area is 121 Å². The van der Waals surface area contributed by atoms with Crippen LogP contribution in [0, 0.1) is 0 Å². The molecule has 2 rings (SSSR count). The SMILES string of the molecule is CCCCCNCc1ccc(Oc2ccccc2)cc1. The lowest BCUT2D eigenvalue weighted by molar-refractivity contribution is 0.482. The predicted octanol–water partition coefficient (Wildman–Crippen LogP) is 4.76. The van der Waals surface area contributed by atoms with Crippen molar-refractivity contribution in [1.29, 1.82) is 0 Å². The van der Waals surface area contributed by atoms with E-state index in [9.17, 15) is 0 Å². The summed E-state index contributed by atoms with van der Waals surface area (Å²) in [6.07, 6.45) is 3.83. The van der Waals surface area contributed by atoms with Crippen LogP contribution in [-0.4, -0.2) is 6.54 Å². The van der Waals surface area contributed by atoms with E-state index in [1.807, 2.05) is 42.5 Å². The first-order chi connectivity index (χ1) is 9.88. The molecule has 2 heteroatoms. The zero-order valence-electron chi connectivity index (χ0n) is 12.1. The molecule has 1 N–H and O–H groups in total. The fraction of sp³-hybridized carbons (Fsp3) is 0.333. The summed E-state index contributed by atoms with van der Waals surface area (Å²) in [6, 6.07) is 18.1. The standard InChI is InChI=1S/C18H23NO/c1-2-3-7-14-19-15-16-10-12-18(13-11-16)20-17-8-5-4-6-9-17/h4-6,8-13,19H,2-3,7,14-15H2,1H3. The van der Waals surface area contributed by atoms with Crippen LogP contribution in [0.3, 0.4) is 0 Å². The molecule has 0 radical (unpaired) electrons. The van der Waals surface area contributed by atoms with Gasteiger partial charge in [0, 0.05) is 6.54 Å². The van der Waals surface area contributed by atoms with Gasteiger partial charge in [-0.1, -0.05) is 50.1 Å². The summed E-state index contributed by atoms with van der Waals surface area (Å²) in [5, 5.41) is 3.46. The van der Waals surface area contributed by atoms with Crippen molar-refractivity contribution in [1.82, 2.24) is 5.32 Å². The summed E-state index contributed by atoms with van der Waals surface area (Å²) < 4.78 is 5.77. The number of para-hydroxylation sites is 1. The van der Waals surface area contributed by atoms with Crippen LogP contribution in [0.2, 0.25) is 0 Å². The highest BCUT2D eigenvalue weighted by atomic mass is 16.5. The molecule has 0 heterocycles. The Morgan fingerprint density at radius 2 is 1.55 bits per heavy atom. The van der Waals surface area contributed by atoms with Crippen LogP contribution in [0.1, 0.15) is 31.7 Å². The van der Waals surface area contributed by atoms with E-state index < -0.39 is 0 Å². The van der Waals surface area contributed by atoms with Gasteiger partial charge in [0.05, 0.1) is 0 Å². The zero-order chi connectivity index (χ0) is 14.0. The van der Waals surface area contributed by atoms with E-state index in [1.165, 1.54) is 24.8 Å². The molecule has 0 aliphatic carbocycles. The molecule has 0 unspecified atom stereocenters. The molecule has 0 aromatic heterocycles. The molecule has 0 atom stereocenters. The molecule has 0 bridgehead atoms. The van der Waals surface area contributed by atoms with Crippen LogP contribution in [0.25, 0.3) is 0 Å². The Morgan fingerprint density at radius 3 is 2.25 bits per heavy atom. The number of ether oxygens (including phenoxy) is 1. The quantitative estimate of drug-likeness (QED) is 0.698.